The SMILES string of the molecule is CCN(CCNc1ccc(N)cc1)C(=O)OCc1ccccc1. The molecule has 0 saturated carbocycles. The van der Waals surface area contributed by atoms with Gasteiger partial charge in [0.05, 0.1) is 0 Å². The van der Waals surface area contributed by atoms with Crippen molar-refractivity contribution in [1.82, 2.24) is 4.90 Å². The molecule has 0 saturated heterocycles. The number of carbonyl (C=O) groups is 1. The van der Waals surface area contributed by atoms with Crippen molar-refractivity contribution in [3.8, 4) is 0 Å². The number of likely N-dealkylation sites (N-methyl/N-ethyl adjacent to an activating group) is 1. The first-order valence-corrected chi connectivity index (χ1v) is 7.74. The van der Waals surface area contributed by atoms with Crippen LogP contribution in [0.15, 0.2) is 54.6 Å². The zero-order valence-electron chi connectivity index (χ0n) is 13.4. The summed E-state index contributed by atoms with van der Waals surface area (Å²) in [7, 11) is 0. The van der Waals surface area contributed by atoms with Crippen molar-refractivity contribution in [3.05, 3.63) is 60.2 Å². The molecule has 0 unspecified atom stereocenters. The average molecular weight is 313 g/mol. The highest BCUT2D eigenvalue weighted by atomic mass is 16.6. The van der Waals surface area contributed by atoms with Crippen LogP contribution >= 0.6 is 0 Å². The third-order valence-electron chi connectivity index (χ3n) is 3.47. The van der Waals surface area contributed by atoms with Crippen molar-refractivity contribution in [1.29, 1.82) is 0 Å². The number of benzene rings is 2. The van der Waals surface area contributed by atoms with Crippen molar-refractivity contribution < 1.29 is 9.53 Å². The van der Waals surface area contributed by atoms with Crippen LogP contribution < -0.4 is 11.1 Å². The highest BCUT2D eigenvalue weighted by Gasteiger charge is 2.12. The predicted molar refractivity (Wildman–Crippen MR) is 93.2 cm³/mol. The number of rotatable bonds is 7. The Hall–Kier alpha value is -2.69. The van der Waals surface area contributed by atoms with Gasteiger partial charge in [-0.05, 0) is 36.8 Å². The van der Waals surface area contributed by atoms with Crippen LogP contribution in [-0.4, -0.2) is 30.6 Å². The number of nitrogens with two attached hydrogens (primary N) is 1. The average Bonchev–Trinajstić information content (AvgIpc) is 2.59. The Kier molecular flexibility index (Phi) is 6.29. The van der Waals surface area contributed by atoms with Gasteiger partial charge in [-0.1, -0.05) is 30.3 Å². The van der Waals surface area contributed by atoms with Gasteiger partial charge in [0.1, 0.15) is 6.61 Å². The zero-order chi connectivity index (χ0) is 16.5. The lowest BCUT2D eigenvalue weighted by atomic mass is 10.2. The standard InChI is InChI=1S/C18H23N3O2/c1-2-21(13-12-20-17-10-8-16(19)9-11-17)18(22)23-14-15-6-4-3-5-7-15/h3-11,20H,2,12-14,19H2,1H3. The lowest BCUT2D eigenvalue weighted by molar-refractivity contribution is 0.0994. The molecule has 0 spiro atoms. The molecule has 0 bridgehead atoms. The second kappa shape index (κ2) is 8.68. The molecule has 0 aliphatic carbocycles. The number of ether oxygens (including phenoxy) is 1. The Morgan fingerprint density at radius 2 is 1.83 bits per heavy atom. The molecule has 5 heteroatoms. The van der Waals surface area contributed by atoms with E-state index in [-0.39, 0.29) is 6.09 Å². The third kappa shape index (κ3) is 5.54. The predicted octanol–water partition coefficient (Wildman–Crippen LogP) is 3.34. The number of hydrogen-bond acceptors (Lipinski definition) is 4. The summed E-state index contributed by atoms with van der Waals surface area (Å²) in [6, 6.07) is 17.2. The minimum Gasteiger partial charge on any atom is -0.445 e. The van der Waals surface area contributed by atoms with Gasteiger partial charge in [-0.2, -0.15) is 0 Å². The van der Waals surface area contributed by atoms with Crippen LogP contribution in [0.4, 0.5) is 16.2 Å². The van der Waals surface area contributed by atoms with Crippen molar-refractivity contribution in [3.63, 3.8) is 0 Å². The van der Waals surface area contributed by atoms with Gasteiger partial charge in [0.2, 0.25) is 0 Å². The van der Waals surface area contributed by atoms with Crippen LogP contribution in [0.1, 0.15) is 12.5 Å². The largest absolute Gasteiger partial charge is 0.445 e. The summed E-state index contributed by atoms with van der Waals surface area (Å²) in [5.41, 5.74) is 8.34. The monoisotopic (exact) mass is 313 g/mol. The summed E-state index contributed by atoms with van der Waals surface area (Å²) in [5, 5.41) is 3.26. The fourth-order valence-corrected chi connectivity index (χ4v) is 2.13. The molecule has 122 valence electrons. The molecule has 2 aromatic carbocycles. The summed E-state index contributed by atoms with van der Waals surface area (Å²) in [6.07, 6.45) is -0.296. The zero-order valence-corrected chi connectivity index (χ0v) is 13.4. The molecular formula is C18H23N3O2. The second-order valence-corrected chi connectivity index (χ2v) is 5.17. The lowest BCUT2D eigenvalue weighted by Crippen LogP contribution is -2.35. The molecular weight excluding hydrogens is 290 g/mol. The van der Waals surface area contributed by atoms with Crippen molar-refractivity contribution in [2.45, 2.75) is 13.5 Å². The van der Waals surface area contributed by atoms with Crippen LogP contribution in [0, 0.1) is 0 Å². The van der Waals surface area contributed by atoms with Crippen LogP contribution in [0.3, 0.4) is 0 Å². The molecule has 0 aliphatic heterocycles. The summed E-state index contributed by atoms with van der Waals surface area (Å²) in [5.74, 6) is 0. The molecule has 0 heterocycles. The maximum absolute atomic E-state index is 12.1. The molecule has 23 heavy (non-hydrogen) atoms. The van der Waals surface area contributed by atoms with Gasteiger partial charge < -0.3 is 20.7 Å². The first-order valence-electron chi connectivity index (χ1n) is 7.74. The number of amides is 1. The fourth-order valence-electron chi connectivity index (χ4n) is 2.13. The van der Waals surface area contributed by atoms with Gasteiger partial charge >= 0.3 is 6.09 Å². The maximum Gasteiger partial charge on any atom is 0.410 e. The smallest absolute Gasteiger partial charge is 0.410 e. The molecule has 0 radical (unpaired) electrons. The molecule has 0 atom stereocenters. The maximum atomic E-state index is 12.1. The Bertz CT molecular complexity index is 599. The van der Waals surface area contributed by atoms with E-state index in [0.717, 1.165) is 16.9 Å². The second-order valence-electron chi connectivity index (χ2n) is 5.17. The molecule has 5 nitrogen and oxygen atoms in total. The van der Waals surface area contributed by atoms with Crippen LogP contribution in [-0.2, 0) is 11.3 Å². The minimum absolute atomic E-state index is 0.293. The van der Waals surface area contributed by atoms with Gasteiger partial charge in [-0.25, -0.2) is 4.79 Å². The normalized spacial score (nSPS) is 10.1. The van der Waals surface area contributed by atoms with Gasteiger partial charge in [0.25, 0.3) is 0 Å². The molecule has 0 aromatic heterocycles. The van der Waals surface area contributed by atoms with Gasteiger partial charge in [-0.3, -0.25) is 0 Å². The number of nitrogens with one attached hydrogen (secondary N) is 1. The van der Waals surface area contributed by atoms with E-state index in [1.807, 2.05) is 61.5 Å². The topological polar surface area (TPSA) is 67.6 Å². The first kappa shape index (κ1) is 16.7. The molecule has 0 aliphatic rings. The number of nitrogens with zero attached hydrogens (tertiary/aromatic N) is 1. The Morgan fingerprint density at radius 1 is 1.13 bits per heavy atom. The number of nitrogen functional groups attached to an aromatic ring is 1. The highest BCUT2D eigenvalue weighted by Crippen LogP contribution is 2.10. The van der Waals surface area contributed by atoms with Crippen molar-refractivity contribution >= 4 is 17.5 Å². The van der Waals surface area contributed by atoms with Crippen LogP contribution in [0.2, 0.25) is 0 Å². The van der Waals surface area contributed by atoms with E-state index in [1.165, 1.54) is 0 Å². The number of hydrogen-bond donors (Lipinski definition) is 2. The lowest BCUT2D eigenvalue weighted by Gasteiger charge is -2.21. The molecule has 2 rings (SSSR count). The number of carbonyl (C=O) groups excluding carboxylic acids is 1. The van der Waals surface area contributed by atoms with E-state index >= 15 is 0 Å². The number of anilines is 2. The summed E-state index contributed by atoms with van der Waals surface area (Å²) in [6.45, 7) is 4.07. The summed E-state index contributed by atoms with van der Waals surface area (Å²) in [4.78, 5) is 13.8. The Balaban J connectivity index is 1.75. The van der Waals surface area contributed by atoms with Gasteiger partial charge in [-0.15, -0.1) is 0 Å². The Morgan fingerprint density at radius 3 is 2.48 bits per heavy atom. The van der Waals surface area contributed by atoms with Crippen LogP contribution in [0.5, 0.6) is 0 Å². The van der Waals surface area contributed by atoms with E-state index in [4.69, 9.17) is 10.5 Å². The highest BCUT2D eigenvalue weighted by molar-refractivity contribution is 5.67. The molecule has 1 amide bonds. The van der Waals surface area contributed by atoms with Crippen molar-refractivity contribution in [2.75, 3.05) is 30.7 Å². The van der Waals surface area contributed by atoms with E-state index in [2.05, 4.69) is 5.32 Å². The minimum atomic E-state index is -0.296. The van der Waals surface area contributed by atoms with E-state index in [0.29, 0.717) is 26.2 Å². The Labute approximate surface area is 137 Å². The van der Waals surface area contributed by atoms with E-state index in [9.17, 15) is 4.79 Å². The van der Waals surface area contributed by atoms with E-state index < -0.39 is 0 Å². The molecule has 3 N–H and O–H groups in total. The third-order valence-corrected chi connectivity index (χ3v) is 3.47. The quantitative estimate of drug-likeness (QED) is 0.769. The summed E-state index contributed by atoms with van der Waals surface area (Å²) < 4.78 is 5.34. The van der Waals surface area contributed by atoms with Crippen LogP contribution in [0.25, 0.3) is 0 Å². The van der Waals surface area contributed by atoms with Gasteiger partial charge in [0, 0.05) is 31.0 Å². The molecule has 0 fully saturated rings. The summed E-state index contributed by atoms with van der Waals surface area (Å²) >= 11 is 0. The fraction of sp³-hybridized carbons (Fsp3) is 0.278. The van der Waals surface area contributed by atoms with Gasteiger partial charge in [0.15, 0.2) is 0 Å². The van der Waals surface area contributed by atoms with Crippen molar-refractivity contribution in [2.24, 2.45) is 0 Å². The first-order chi connectivity index (χ1) is 11.2. The van der Waals surface area contributed by atoms with E-state index in [1.54, 1.807) is 4.90 Å². The molecule has 2 aromatic rings.